The van der Waals surface area contributed by atoms with Gasteiger partial charge in [-0.15, -0.1) is 0 Å². The van der Waals surface area contributed by atoms with Crippen molar-refractivity contribution in [2.75, 3.05) is 19.6 Å². The van der Waals surface area contributed by atoms with Gasteiger partial charge < -0.3 is 9.84 Å². The number of aryl methyl sites for hydroxylation is 1. The lowest BCUT2D eigenvalue weighted by Crippen LogP contribution is -2.38. The molecule has 5 nitrogen and oxygen atoms in total. The molecule has 1 atom stereocenters. The maximum Gasteiger partial charge on any atom is 0.256 e. The smallest absolute Gasteiger partial charge is 0.256 e. The minimum Gasteiger partial charge on any atom is -0.361 e. The minimum absolute atomic E-state index is 0.138. The van der Waals surface area contributed by atoms with Crippen molar-refractivity contribution in [2.24, 2.45) is 0 Å². The predicted molar refractivity (Wildman–Crippen MR) is 83.6 cm³/mol. The molecule has 2 heterocycles. The Labute approximate surface area is 128 Å². The topological polar surface area (TPSA) is 58.4 Å². The van der Waals surface area contributed by atoms with E-state index in [4.69, 9.17) is 4.52 Å². The van der Waals surface area contributed by atoms with E-state index in [0.29, 0.717) is 17.9 Å². The molecule has 1 N–H and O–H groups in total. The summed E-state index contributed by atoms with van der Waals surface area (Å²) in [4.78, 5) is 14.5. The number of nitrogens with one attached hydrogen (secondary N) is 1. The van der Waals surface area contributed by atoms with Gasteiger partial charge in [0.1, 0.15) is 11.3 Å². The number of thiophene rings is 1. The lowest BCUT2D eigenvalue weighted by Gasteiger charge is -2.29. The number of rotatable bonds is 7. The monoisotopic (exact) mass is 307 g/mol. The standard InChI is InChI=1S/C15H21N3O2S/c1-4-18(5-2)14(12-6-7-21-10-12)9-16-15(19)13-8-17-20-11(13)3/h6-8,10,14H,4-5,9H2,1-3H3,(H,16,19). The summed E-state index contributed by atoms with van der Waals surface area (Å²) in [5, 5.41) is 10.8. The molecule has 21 heavy (non-hydrogen) atoms. The number of likely N-dealkylation sites (N-methyl/N-ethyl adjacent to an activating group) is 1. The molecule has 0 aromatic carbocycles. The summed E-state index contributed by atoms with van der Waals surface area (Å²) in [6, 6.07) is 2.31. The maximum absolute atomic E-state index is 12.2. The zero-order chi connectivity index (χ0) is 15.2. The third kappa shape index (κ3) is 3.71. The van der Waals surface area contributed by atoms with Gasteiger partial charge >= 0.3 is 0 Å². The average molecular weight is 307 g/mol. The lowest BCUT2D eigenvalue weighted by molar-refractivity contribution is 0.0933. The van der Waals surface area contributed by atoms with Gasteiger partial charge in [-0.1, -0.05) is 19.0 Å². The van der Waals surface area contributed by atoms with Crippen LogP contribution >= 0.6 is 11.3 Å². The minimum atomic E-state index is -0.138. The first-order valence-electron chi connectivity index (χ1n) is 7.13. The van der Waals surface area contributed by atoms with Gasteiger partial charge in [0, 0.05) is 6.54 Å². The Morgan fingerprint density at radius 3 is 2.76 bits per heavy atom. The van der Waals surface area contributed by atoms with Crippen molar-refractivity contribution in [3.8, 4) is 0 Å². The zero-order valence-corrected chi connectivity index (χ0v) is 13.4. The molecule has 0 spiro atoms. The Balaban J connectivity index is 2.06. The molecule has 0 aliphatic heterocycles. The Hall–Kier alpha value is -1.66. The summed E-state index contributed by atoms with van der Waals surface area (Å²) < 4.78 is 4.93. The molecule has 0 saturated heterocycles. The lowest BCUT2D eigenvalue weighted by atomic mass is 10.1. The van der Waals surface area contributed by atoms with E-state index in [2.05, 4.69) is 46.0 Å². The number of nitrogens with zero attached hydrogens (tertiary/aromatic N) is 2. The van der Waals surface area contributed by atoms with Crippen LogP contribution in [0.1, 0.15) is 41.6 Å². The highest BCUT2D eigenvalue weighted by molar-refractivity contribution is 7.07. The van der Waals surface area contributed by atoms with Gasteiger partial charge in [0.2, 0.25) is 0 Å². The van der Waals surface area contributed by atoms with Crippen molar-refractivity contribution in [3.05, 3.63) is 39.9 Å². The first-order valence-corrected chi connectivity index (χ1v) is 8.07. The summed E-state index contributed by atoms with van der Waals surface area (Å²) in [7, 11) is 0. The van der Waals surface area contributed by atoms with Gasteiger partial charge in [-0.3, -0.25) is 9.69 Å². The van der Waals surface area contributed by atoms with E-state index in [-0.39, 0.29) is 11.9 Å². The van der Waals surface area contributed by atoms with Crippen LogP contribution in [-0.2, 0) is 0 Å². The van der Waals surface area contributed by atoms with Crippen molar-refractivity contribution in [1.29, 1.82) is 0 Å². The van der Waals surface area contributed by atoms with Crippen LogP contribution in [0.5, 0.6) is 0 Å². The maximum atomic E-state index is 12.2. The van der Waals surface area contributed by atoms with Crippen LogP contribution in [-0.4, -0.2) is 35.6 Å². The average Bonchev–Trinajstić information content (AvgIpc) is 3.14. The Morgan fingerprint density at radius 1 is 1.48 bits per heavy atom. The van der Waals surface area contributed by atoms with Crippen molar-refractivity contribution < 1.29 is 9.32 Å². The molecule has 0 aliphatic carbocycles. The molecule has 0 saturated carbocycles. The van der Waals surface area contributed by atoms with Crippen molar-refractivity contribution in [2.45, 2.75) is 26.8 Å². The summed E-state index contributed by atoms with van der Waals surface area (Å²) in [5.41, 5.74) is 1.74. The predicted octanol–water partition coefficient (Wildman–Crippen LogP) is 2.86. The normalized spacial score (nSPS) is 12.6. The highest BCUT2D eigenvalue weighted by Crippen LogP contribution is 2.22. The van der Waals surface area contributed by atoms with Crippen molar-refractivity contribution in [3.63, 3.8) is 0 Å². The first-order chi connectivity index (χ1) is 10.2. The quantitative estimate of drug-likeness (QED) is 0.854. The zero-order valence-electron chi connectivity index (χ0n) is 12.6. The largest absolute Gasteiger partial charge is 0.361 e. The third-order valence-electron chi connectivity index (χ3n) is 3.63. The fourth-order valence-corrected chi connectivity index (χ4v) is 3.10. The fraction of sp³-hybridized carbons (Fsp3) is 0.467. The van der Waals surface area contributed by atoms with Crippen LogP contribution < -0.4 is 5.32 Å². The molecular formula is C15H21N3O2S. The number of aromatic nitrogens is 1. The second-order valence-electron chi connectivity index (χ2n) is 4.80. The van der Waals surface area contributed by atoms with Gasteiger partial charge in [0.25, 0.3) is 5.91 Å². The van der Waals surface area contributed by atoms with E-state index < -0.39 is 0 Å². The molecule has 2 aromatic heterocycles. The van der Waals surface area contributed by atoms with Crippen LogP contribution in [0.4, 0.5) is 0 Å². The summed E-state index contributed by atoms with van der Waals surface area (Å²) in [6.45, 7) is 8.46. The van der Waals surface area contributed by atoms with Crippen LogP contribution in [0.15, 0.2) is 27.5 Å². The number of carbonyl (C=O) groups excluding carboxylic acids is 1. The van der Waals surface area contributed by atoms with Crippen LogP contribution in [0.2, 0.25) is 0 Å². The summed E-state index contributed by atoms with van der Waals surface area (Å²) >= 11 is 1.68. The molecule has 1 unspecified atom stereocenters. The van der Waals surface area contributed by atoms with Gasteiger partial charge in [0.15, 0.2) is 0 Å². The third-order valence-corrected chi connectivity index (χ3v) is 4.33. The number of hydrogen-bond donors (Lipinski definition) is 1. The summed E-state index contributed by atoms with van der Waals surface area (Å²) in [6.07, 6.45) is 1.46. The van der Waals surface area contributed by atoms with E-state index in [9.17, 15) is 4.79 Å². The SMILES string of the molecule is CCN(CC)C(CNC(=O)c1cnoc1C)c1ccsc1. The molecule has 1 amide bonds. The highest BCUT2D eigenvalue weighted by Gasteiger charge is 2.20. The molecular weight excluding hydrogens is 286 g/mol. The van der Waals surface area contributed by atoms with Crippen molar-refractivity contribution >= 4 is 17.2 Å². The molecule has 0 aliphatic rings. The van der Waals surface area contributed by atoms with E-state index in [0.717, 1.165) is 13.1 Å². The molecule has 2 rings (SSSR count). The Kier molecular flexibility index (Phi) is 5.52. The van der Waals surface area contributed by atoms with E-state index in [1.807, 2.05) is 0 Å². The van der Waals surface area contributed by atoms with Crippen molar-refractivity contribution in [1.82, 2.24) is 15.4 Å². The van der Waals surface area contributed by atoms with Gasteiger partial charge in [-0.05, 0) is 42.4 Å². The highest BCUT2D eigenvalue weighted by atomic mass is 32.1. The van der Waals surface area contributed by atoms with Crippen LogP contribution in [0, 0.1) is 6.92 Å². The number of amides is 1. The fourth-order valence-electron chi connectivity index (χ4n) is 2.39. The molecule has 0 bridgehead atoms. The number of carbonyl (C=O) groups is 1. The van der Waals surface area contributed by atoms with Crippen LogP contribution in [0.3, 0.4) is 0 Å². The van der Waals surface area contributed by atoms with Gasteiger partial charge in [-0.2, -0.15) is 11.3 Å². The number of hydrogen-bond acceptors (Lipinski definition) is 5. The second kappa shape index (κ2) is 7.38. The second-order valence-corrected chi connectivity index (χ2v) is 5.58. The van der Waals surface area contributed by atoms with Gasteiger partial charge in [-0.25, -0.2) is 0 Å². The molecule has 6 heteroatoms. The summed E-state index contributed by atoms with van der Waals surface area (Å²) in [5.74, 6) is 0.406. The van der Waals surface area contributed by atoms with Crippen LogP contribution in [0.25, 0.3) is 0 Å². The van der Waals surface area contributed by atoms with Gasteiger partial charge in [0.05, 0.1) is 12.2 Å². The molecule has 114 valence electrons. The van der Waals surface area contributed by atoms with E-state index in [1.165, 1.54) is 11.8 Å². The Bertz CT molecular complexity index is 561. The van der Waals surface area contributed by atoms with E-state index in [1.54, 1.807) is 18.3 Å². The molecule has 2 aromatic rings. The van der Waals surface area contributed by atoms with E-state index >= 15 is 0 Å². The molecule has 0 fully saturated rings. The molecule has 0 radical (unpaired) electrons. The Morgan fingerprint density at radius 2 is 2.24 bits per heavy atom. The first kappa shape index (κ1) is 15.7.